The molecular weight excluding hydrogens is 285 g/mol. The molecule has 0 bridgehead atoms. The van der Waals surface area contributed by atoms with E-state index < -0.39 is 12.1 Å². The maximum absolute atomic E-state index is 12.7. The minimum atomic E-state index is -4.76. The lowest BCUT2D eigenvalue weighted by atomic mass is 9.60. The molecule has 3 fully saturated rings. The molecule has 7 heteroatoms. The number of hydrogen-bond donors (Lipinski definition) is 0. The van der Waals surface area contributed by atoms with E-state index >= 15 is 0 Å². The number of hydrogen-bond acceptors (Lipinski definition) is 3. The number of amides is 1. The van der Waals surface area contributed by atoms with Crippen molar-refractivity contribution >= 4 is 12.2 Å². The Balaban J connectivity index is 1.53. The Hall–Kier alpha value is -1.11. The molecule has 118 valence electrons. The minimum Gasteiger partial charge on any atom is -0.329 e. The van der Waals surface area contributed by atoms with Crippen molar-refractivity contribution < 1.29 is 22.8 Å². The quantitative estimate of drug-likeness (QED) is 0.724. The van der Waals surface area contributed by atoms with Gasteiger partial charge in [0.15, 0.2) is 0 Å². The monoisotopic (exact) mass is 304 g/mol. The van der Waals surface area contributed by atoms with Crippen molar-refractivity contribution in [3.8, 4) is 0 Å². The van der Waals surface area contributed by atoms with Crippen LogP contribution in [0.3, 0.4) is 0 Å². The van der Waals surface area contributed by atoms with Crippen LogP contribution in [0.25, 0.3) is 0 Å². The third kappa shape index (κ3) is 2.80. The second kappa shape index (κ2) is 4.97. The summed E-state index contributed by atoms with van der Waals surface area (Å²) in [5.74, 6) is -1.66. The summed E-state index contributed by atoms with van der Waals surface area (Å²) in [7, 11) is 0. The Morgan fingerprint density at radius 3 is 2.33 bits per heavy atom. The van der Waals surface area contributed by atoms with E-state index in [0.717, 1.165) is 30.8 Å². The van der Waals surface area contributed by atoms with Crippen LogP contribution < -0.4 is 0 Å². The minimum absolute atomic E-state index is 0.0899. The van der Waals surface area contributed by atoms with Crippen LogP contribution in [0.2, 0.25) is 0 Å². The van der Waals surface area contributed by atoms with Crippen molar-refractivity contribution in [2.45, 2.75) is 50.4 Å². The molecule has 0 unspecified atom stereocenters. The van der Waals surface area contributed by atoms with E-state index in [-0.39, 0.29) is 17.5 Å². The molecule has 1 spiro atoms. The van der Waals surface area contributed by atoms with E-state index in [0.29, 0.717) is 32.1 Å². The number of aldehydes is 1. The summed E-state index contributed by atoms with van der Waals surface area (Å²) in [6.07, 6.45) is -0.661. The molecule has 3 rings (SSSR count). The van der Waals surface area contributed by atoms with Gasteiger partial charge in [-0.05, 0) is 31.1 Å². The molecule has 1 saturated heterocycles. The first-order valence-corrected chi connectivity index (χ1v) is 7.40. The molecule has 0 aromatic carbocycles. The predicted molar refractivity (Wildman–Crippen MR) is 68.5 cm³/mol. The molecule has 0 aromatic rings. The zero-order chi connectivity index (χ0) is 15.3. The lowest BCUT2D eigenvalue weighted by Crippen LogP contribution is -2.68. The van der Waals surface area contributed by atoms with Crippen LogP contribution in [0.1, 0.15) is 32.1 Å². The van der Waals surface area contributed by atoms with Crippen LogP contribution in [0, 0.1) is 5.41 Å². The number of alkyl halides is 3. The van der Waals surface area contributed by atoms with Crippen LogP contribution in [0.4, 0.5) is 13.2 Å². The Labute approximate surface area is 121 Å². The summed E-state index contributed by atoms with van der Waals surface area (Å²) in [5, 5.41) is 0. The molecule has 0 N–H and O–H groups in total. The molecule has 0 radical (unpaired) electrons. The van der Waals surface area contributed by atoms with Crippen LogP contribution in [0.15, 0.2) is 0 Å². The fourth-order valence-electron chi connectivity index (χ4n) is 3.82. The van der Waals surface area contributed by atoms with Crippen molar-refractivity contribution in [2.24, 2.45) is 5.41 Å². The Bertz CT molecular complexity index is 434. The average molecular weight is 304 g/mol. The second-order valence-corrected chi connectivity index (χ2v) is 6.67. The van der Waals surface area contributed by atoms with E-state index in [2.05, 4.69) is 4.90 Å². The van der Waals surface area contributed by atoms with Crippen molar-refractivity contribution in [2.75, 3.05) is 19.6 Å². The summed E-state index contributed by atoms with van der Waals surface area (Å²) >= 11 is 0. The van der Waals surface area contributed by atoms with Gasteiger partial charge in [0, 0.05) is 38.1 Å². The first-order valence-electron chi connectivity index (χ1n) is 7.40. The summed E-state index contributed by atoms with van der Waals surface area (Å²) in [5.41, 5.74) is 0.0899. The van der Waals surface area contributed by atoms with Gasteiger partial charge >= 0.3 is 12.1 Å². The van der Waals surface area contributed by atoms with Crippen LogP contribution in [0.5, 0.6) is 0 Å². The highest BCUT2D eigenvalue weighted by atomic mass is 19.4. The molecule has 2 saturated carbocycles. The standard InChI is InChI=1S/C14H19F3N2O2/c15-14(16,17)12(21)19(10-2-3-10)11-6-13(7-11)8-18(9-13)4-1-5-20/h5,10-11H,1-4,6-9H2. The predicted octanol–water partition coefficient (Wildman–Crippen LogP) is 1.59. The van der Waals surface area contributed by atoms with Gasteiger partial charge in [0.25, 0.3) is 0 Å². The van der Waals surface area contributed by atoms with Crippen molar-refractivity contribution in [1.82, 2.24) is 9.80 Å². The van der Waals surface area contributed by atoms with Gasteiger partial charge in [0.05, 0.1) is 0 Å². The highest BCUT2D eigenvalue weighted by Crippen LogP contribution is 2.52. The molecule has 2 aliphatic carbocycles. The van der Waals surface area contributed by atoms with Gasteiger partial charge in [-0.1, -0.05) is 0 Å². The van der Waals surface area contributed by atoms with E-state index in [1.165, 1.54) is 0 Å². The lowest BCUT2D eigenvalue weighted by molar-refractivity contribution is -0.197. The molecule has 0 aromatic heterocycles. The highest BCUT2D eigenvalue weighted by molar-refractivity contribution is 5.83. The van der Waals surface area contributed by atoms with Crippen LogP contribution in [-0.2, 0) is 9.59 Å². The zero-order valence-electron chi connectivity index (χ0n) is 11.7. The fraction of sp³-hybridized carbons (Fsp3) is 0.857. The highest BCUT2D eigenvalue weighted by Gasteiger charge is 2.58. The smallest absolute Gasteiger partial charge is 0.329 e. The number of nitrogens with zero attached hydrogens (tertiary/aromatic N) is 2. The number of rotatable bonds is 5. The van der Waals surface area contributed by atoms with Gasteiger partial charge < -0.3 is 14.6 Å². The molecule has 4 nitrogen and oxygen atoms in total. The normalized spacial score (nSPS) is 25.3. The van der Waals surface area contributed by atoms with E-state index in [9.17, 15) is 22.8 Å². The molecule has 0 atom stereocenters. The van der Waals surface area contributed by atoms with Gasteiger partial charge in [-0.3, -0.25) is 4.79 Å². The lowest BCUT2D eigenvalue weighted by Gasteiger charge is -2.61. The van der Waals surface area contributed by atoms with Crippen LogP contribution >= 0.6 is 0 Å². The topological polar surface area (TPSA) is 40.6 Å². The summed E-state index contributed by atoms with van der Waals surface area (Å²) in [6.45, 7) is 2.41. The number of carbonyl (C=O) groups is 2. The molecular formula is C14H19F3N2O2. The van der Waals surface area contributed by atoms with Crippen molar-refractivity contribution in [3.05, 3.63) is 0 Å². The molecule has 1 aliphatic heterocycles. The first-order chi connectivity index (χ1) is 9.85. The zero-order valence-corrected chi connectivity index (χ0v) is 11.7. The van der Waals surface area contributed by atoms with Gasteiger partial charge in [0.1, 0.15) is 6.29 Å². The fourth-order valence-corrected chi connectivity index (χ4v) is 3.82. The van der Waals surface area contributed by atoms with Crippen molar-refractivity contribution in [1.29, 1.82) is 0 Å². The van der Waals surface area contributed by atoms with Gasteiger partial charge in [-0.15, -0.1) is 0 Å². The largest absolute Gasteiger partial charge is 0.471 e. The number of carbonyl (C=O) groups excluding carboxylic acids is 2. The number of likely N-dealkylation sites (tertiary alicyclic amines) is 1. The summed E-state index contributed by atoms with van der Waals surface area (Å²) in [6, 6.07) is -0.451. The van der Waals surface area contributed by atoms with E-state index in [1.807, 2.05) is 0 Å². The molecule has 1 amide bonds. The summed E-state index contributed by atoms with van der Waals surface area (Å²) in [4.78, 5) is 25.1. The van der Waals surface area contributed by atoms with Gasteiger partial charge in [-0.25, -0.2) is 0 Å². The Morgan fingerprint density at radius 1 is 1.24 bits per heavy atom. The van der Waals surface area contributed by atoms with Gasteiger partial charge in [0.2, 0.25) is 0 Å². The number of halogens is 3. The summed E-state index contributed by atoms with van der Waals surface area (Å²) < 4.78 is 38.0. The Morgan fingerprint density at radius 2 is 1.86 bits per heavy atom. The van der Waals surface area contributed by atoms with E-state index in [4.69, 9.17) is 0 Å². The molecule has 1 heterocycles. The van der Waals surface area contributed by atoms with Crippen LogP contribution in [-0.4, -0.2) is 59.9 Å². The average Bonchev–Trinajstić information content (AvgIpc) is 3.11. The maximum atomic E-state index is 12.7. The van der Waals surface area contributed by atoms with Gasteiger partial charge in [-0.2, -0.15) is 13.2 Å². The first kappa shape index (κ1) is 14.8. The van der Waals surface area contributed by atoms with E-state index in [1.54, 1.807) is 0 Å². The third-order valence-electron chi connectivity index (χ3n) is 4.83. The SMILES string of the molecule is O=CCCN1CC2(CC(N(C(=O)C(F)(F)F)C3CC3)C2)C1. The molecule has 3 aliphatic rings. The molecule has 21 heavy (non-hydrogen) atoms. The maximum Gasteiger partial charge on any atom is 0.471 e. The third-order valence-corrected chi connectivity index (χ3v) is 4.83. The van der Waals surface area contributed by atoms with Crippen molar-refractivity contribution in [3.63, 3.8) is 0 Å². The Kier molecular flexibility index (Phi) is 3.50. The second-order valence-electron chi connectivity index (χ2n) is 6.67.